The van der Waals surface area contributed by atoms with Crippen molar-refractivity contribution < 1.29 is 19.1 Å². The van der Waals surface area contributed by atoms with E-state index in [0.29, 0.717) is 17.1 Å². The fourth-order valence-corrected chi connectivity index (χ4v) is 5.93. The average Bonchev–Trinajstić information content (AvgIpc) is 3.28. The van der Waals surface area contributed by atoms with E-state index in [2.05, 4.69) is 9.59 Å². The number of rotatable bonds is 7. The van der Waals surface area contributed by atoms with Crippen molar-refractivity contribution in [2.45, 2.75) is 21.9 Å². The summed E-state index contributed by atoms with van der Waals surface area (Å²) in [6, 6.07) is 8.57. The van der Waals surface area contributed by atoms with Gasteiger partial charge in [0.2, 0.25) is 12.2 Å². The van der Waals surface area contributed by atoms with E-state index in [0.717, 1.165) is 9.78 Å². The van der Waals surface area contributed by atoms with Gasteiger partial charge in [-0.05, 0) is 17.1 Å². The van der Waals surface area contributed by atoms with Gasteiger partial charge in [-0.15, -0.1) is 28.6 Å². The second kappa shape index (κ2) is 8.84. The third-order valence-electron chi connectivity index (χ3n) is 4.51. The SMILES string of the molecule is COC(OC(=O)C1=C(CSc2cnns2)CS[C@H]2C(N)C(=O)N12)c1ccccc1. The van der Waals surface area contributed by atoms with Crippen LogP contribution in [0.15, 0.2) is 52.0 Å². The number of aromatic nitrogens is 2. The van der Waals surface area contributed by atoms with E-state index in [-0.39, 0.29) is 17.0 Å². The van der Waals surface area contributed by atoms with Crippen molar-refractivity contribution in [2.24, 2.45) is 5.73 Å². The summed E-state index contributed by atoms with van der Waals surface area (Å²) in [6.45, 7) is 0. The molecule has 2 aliphatic rings. The van der Waals surface area contributed by atoms with E-state index in [1.165, 1.54) is 35.3 Å². The minimum Gasteiger partial charge on any atom is -0.427 e. The van der Waals surface area contributed by atoms with Crippen LogP contribution < -0.4 is 5.73 Å². The van der Waals surface area contributed by atoms with Gasteiger partial charge in [0.1, 0.15) is 21.3 Å². The Morgan fingerprint density at radius 2 is 2.21 bits per heavy atom. The zero-order valence-electron chi connectivity index (χ0n) is 15.4. The quantitative estimate of drug-likeness (QED) is 0.293. The molecule has 29 heavy (non-hydrogen) atoms. The highest BCUT2D eigenvalue weighted by atomic mass is 32.2. The van der Waals surface area contributed by atoms with Gasteiger partial charge in [-0.2, -0.15) is 0 Å². The second-order valence-corrected chi connectivity index (χ2v) is 9.46. The molecule has 1 amide bonds. The van der Waals surface area contributed by atoms with Gasteiger partial charge >= 0.3 is 5.97 Å². The van der Waals surface area contributed by atoms with Crippen LogP contribution in [0.4, 0.5) is 0 Å². The van der Waals surface area contributed by atoms with Gasteiger partial charge in [-0.25, -0.2) is 4.79 Å². The number of hydrogen-bond acceptors (Lipinski definition) is 10. The summed E-state index contributed by atoms with van der Waals surface area (Å²) in [5.74, 6) is 0.249. The van der Waals surface area contributed by atoms with Crippen LogP contribution in [0.3, 0.4) is 0 Å². The number of methoxy groups -OCH3 is 1. The third-order valence-corrected chi connectivity index (χ3v) is 7.79. The first-order valence-corrected chi connectivity index (χ1v) is 11.5. The van der Waals surface area contributed by atoms with Crippen molar-refractivity contribution in [1.82, 2.24) is 14.5 Å². The van der Waals surface area contributed by atoms with E-state index in [4.69, 9.17) is 15.2 Å². The molecule has 8 nitrogen and oxygen atoms in total. The first-order chi connectivity index (χ1) is 14.1. The fourth-order valence-electron chi connectivity index (χ4n) is 3.07. The van der Waals surface area contributed by atoms with Crippen LogP contribution in [-0.4, -0.2) is 56.4 Å². The minimum atomic E-state index is -0.867. The molecule has 0 bridgehead atoms. The molecule has 152 valence electrons. The maximum atomic E-state index is 13.1. The summed E-state index contributed by atoms with van der Waals surface area (Å²) < 4.78 is 15.8. The van der Waals surface area contributed by atoms with Gasteiger partial charge in [0, 0.05) is 24.2 Å². The molecule has 0 aliphatic carbocycles. The number of hydrogen-bond donors (Lipinski definition) is 1. The number of nitrogens with two attached hydrogens (primary N) is 1. The molecular formula is C18H18N4O4S3. The number of benzene rings is 1. The van der Waals surface area contributed by atoms with Crippen molar-refractivity contribution >= 4 is 46.9 Å². The number of amides is 1. The van der Waals surface area contributed by atoms with Gasteiger partial charge < -0.3 is 15.2 Å². The largest absolute Gasteiger partial charge is 0.427 e. The Morgan fingerprint density at radius 1 is 1.41 bits per heavy atom. The highest BCUT2D eigenvalue weighted by molar-refractivity contribution is 8.01. The molecule has 1 aromatic heterocycles. The number of nitrogens with zero attached hydrogens (tertiary/aromatic N) is 3. The molecule has 2 aromatic rings. The monoisotopic (exact) mass is 450 g/mol. The zero-order chi connectivity index (χ0) is 20.4. The van der Waals surface area contributed by atoms with Crippen LogP contribution in [0.1, 0.15) is 11.9 Å². The molecule has 0 spiro atoms. The lowest BCUT2D eigenvalue weighted by Gasteiger charge is -2.48. The molecule has 1 fully saturated rings. The number of thioether (sulfide) groups is 2. The minimum absolute atomic E-state index is 0.249. The van der Waals surface area contributed by atoms with Crippen molar-refractivity contribution in [3.63, 3.8) is 0 Å². The Labute approximate surface area is 180 Å². The molecule has 3 atom stereocenters. The predicted octanol–water partition coefficient (Wildman–Crippen LogP) is 2.02. The summed E-state index contributed by atoms with van der Waals surface area (Å²) in [4.78, 5) is 27.0. The van der Waals surface area contributed by atoms with Crippen LogP contribution in [0.25, 0.3) is 0 Å². The lowest BCUT2D eigenvalue weighted by Crippen LogP contribution is -2.68. The van der Waals surface area contributed by atoms with Crippen LogP contribution >= 0.6 is 35.1 Å². The lowest BCUT2D eigenvalue weighted by molar-refractivity contribution is -0.175. The topological polar surface area (TPSA) is 108 Å². The van der Waals surface area contributed by atoms with E-state index in [1.807, 2.05) is 30.3 Å². The Morgan fingerprint density at radius 3 is 2.90 bits per heavy atom. The molecule has 0 radical (unpaired) electrons. The number of β-lactam (4-membered cyclic amide) rings is 1. The van der Waals surface area contributed by atoms with Gasteiger partial charge in [0.15, 0.2) is 0 Å². The molecule has 2 unspecified atom stereocenters. The molecule has 3 heterocycles. The number of carbonyl (C=O) groups is 2. The van der Waals surface area contributed by atoms with Crippen molar-refractivity contribution in [2.75, 3.05) is 18.6 Å². The molecule has 11 heteroatoms. The second-order valence-electron chi connectivity index (χ2n) is 6.30. The summed E-state index contributed by atoms with van der Waals surface area (Å²) in [5.41, 5.74) is 7.72. The Kier molecular flexibility index (Phi) is 6.20. The maximum absolute atomic E-state index is 13.1. The third kappa shape index (κ3) is 4.05. The van der Waals surface area contributed by atoms with Crippen molar-refractivity contribution in [3.8, 4) is 0 Å². The summed E-state index contributed by atoms with van der Waals surface area (Å²) in [6.07, 6.45) is 0.808. The van der Waals surface area contributed by atoms with Crippen LogP contribution in [0.5, 0.6) is 0 Å². The molecular weight excluding hydrogens is 432 g/mol. The first kappa shape index (κ1) is 20.4. The highest BCUT2D eigenvalue weighted by Crippen LogP contribution is 2.41. The Balaban J connectivity index is 1.59. The average molecular weight is 451 g/mol. The zero-order valence-corrected chi connectivity index (χ0v) is 17.8. The first-order valence-electron chi connectivity index (χ1n) is 8.71. The van der Waals surface area contributed by atoms with Crippen LogP contribution in [0, 0.1) is 0 Å². The van der Waals surface area contributed by atoms with Gasteiger partial charge in [-0.3, -0.25) is 9.69 Å². The Hall–Kier alpha value is -1.92. The number of ether oxygens (including phenoxy) is 2. The normalized spacial score (nSPS) is 22.1. The van der Waals surface area contributed by atoms with E-state index >= 15 is 0 Å². The van der Waals surface area contributed by atoms with Gasteiger partial charge in [0.25, 0.3) is 0 Å². The van der Waals surface area contributed by atoms with Gasteiger partial charge in [0.05, 0.1) is 6.20 Å². The van der Waals surface area contributed by atoms with Gasteiger partial charge in [-0.1, -0.05) is 34.8 Å². The number of esters is 1. The lowest BCUT2D eigenvalue weighted by atomic mass is 10.0. The van der Waals surface area contributed by atoms with E-state index in [9.17, 15) is 9.59 Å². The van der Waals surface area contributed by atoms with Crippen molar-refractivity contribution in [3.05, 3.63) is 53.4 Å². The number of fused-ring (bicyclic) bond motifs is 1. The Bertz CT molecular complexity index is 922. The number of carbonyl (C=O) groups excluding carboxylic acids is 2. The molecule has 1 saturated heterocycles. The maximum Gasteiger partial charge on any atom is 0.357 e. The molecule has 0 saturated carbocycles. The highest BCUT2D eigenvalue weighted by Gasteiger charge is 2.52. The fraction of sp³-hybridized carbons (Fsp3) is 0.333. The van der Waals surface area contributed by atoms with E-state index < -0.39 is 18.3 Å². The smallest absolute Gasteiger partial charge is 0.357 e. The molecule has 4 rings (SSSR count). The van der Waals surface area contributed by atoms with Crippen LogP contribution in [-0.2, 0) is 19.1 Å². The predicted molar refractivity (Wildman–Crippen MR) is 111 cm³/mol. The molecule has 2 aliphatic heterocycles. The van der Waals surface area contributed by atoms with E-state index in [1.54, 1.807) is 18.0 Å². The standard InChI is InChI=1S/C18H18N4O4S3/c1-25-18(10-5-3-2-4-6-10)26-17(24)14-11(8-27-12-7-20-21-29-12)9-28-16-13(19)15(23)22(14)16/h2-7,13,16,18H,8-9,19H2,1H3/t13?,16-,18?/m0/s1. The summed E-state index contributed by atoms with van der Waals surface area (Å²) in [7, 11) is 1.47. The van der Waals surface area contributed by atoms with Crippen molar-refractivity contribution in [1.29, 1.82) is 0 Å². The summed E-state index contributed by atoms with van der Waals surface area (Å²) >= 11 is 4.36. The summed E-state index contributed by atoms with van der Waals surface area (Å²) in [5, 5.41) is 3.57. The van der Waals surface area contributed by atoms with Crippen LogP contribution in [0.2, 0.25) is 0 Å². The molecule has 1 aromatic carbocycles. The molecule has 2 N–H and O–H groups in total.